The second-order valence-corrected chi connectivity index (χ2v) is 11.8. The number of hydrogen-bond donors (Lipinski definition) is 1. The van der Waals surface area contributed by atoms with E-state index in [4.69, 9.17) is 0 Å². The number of hydrogen-bond acceptors (Lipinski definition) is 4. The van der Waals surface area contributed by atoms with Crippen molar-refractivity contribution in [2.45, 2.75) is 73.1 Å². The fraction of sp³-hybridized carbons (Fsp3) is 0.571. The van der Waals surface area contributed by atoms with E-state index in [9.17, 15) is 19.2 Å². The molecule has 6 nitrogen and oxygen atoms in total. The molecule has 0 atom stereocenters. The molecule has 4 rings (SSSR count). The second-order valence-electron chi connectivity index (χ2n) is 11.8. The molecule has 3 amide bonds. The van der Waals surface area contributed by atoms with Gasteiger partial charge in [-0.25, -0.2) is 4.79 Å². The van der Waals surface area contributed by atoms with Crippen molar-refractivity contribution < 1.29 is 20.6 Å². The van der Waals surface area contributed by atoms with E-state index in [1.807, 2.05) is 26.0 Å². The van der Waals surface area contributed by atoms with Crippen LogP contribution in [0.5, 0.6) is 0 Å². The lowest BCUT2D eigenvalue weighted by Crippen LogP contribution is -2.69. The average Bonchev–Trinajstić information content (AvgIpc) is 2.64. The Morgan fingerprint density at radius 2 is 1.56 bits per heavy atom. The Labute approximate surface area is 203 Å². The molecule has 0 unspecified atom stereocenters. The van der Waals surface area contributed by atoms with Crippen LogP contribution in [0.15, 0.2) is 12.1 Å². The lowest BCUT2D eigenvalue weighted by Gasteiger charge is -2.65. The van der Waals surface area contributed by atoms with E-state index in [1.165, 1.54) is 0 Å². The molecule has 1 heterocycles. The number of likely N-dealkylation sites (tertiary alicyclic amines) is 1. The van der Waals surface area contributed by atoms with E-state index in [2.05, 4.69) is 17.2 Å². The molecule has 1 aromatic rings. The van der Waals surface area contributed by atoms with Crippen molar-refractivity contribution in [3.05, 3.63) is 34.4 Å². The highest BCUT2D eigenvalue weighted by atomic mass is 16.2. The third kappa shape index (κ3) is 4.17. The van der Waals surface area contributed by atoms with Gasteiger partial charge in [0, 0.05) is 43.8 Å². The highest BCUT2D eigenvalue weighted by molar-refractivity contribution is 6.10. The molecule has 2 aliphatic carbocycles. The van der Waals surface area contributed by atoms with Gasteiger partial charge in [0.05, 0.1) is 0 Å². The highest BCUT2D eigenvalue weighted by Crippen LogP contribution is 2.64. The lowest BCUT2D eigenvalue weighted by atomic mass is 9.45. The average molecular weight is 465 g/mol. The van der Waals surface area contributed by atoms with Gasteiger partial charge in [-0.1, -0.05) is 26.7 Å². The number of imide groups is 1. The van der Waals surface area contributed by atoms with E-state index >= 15 is 0 Å². The van der Waals surface area contributed by atoms with Gasteiger partial charge in [0.25, 0.3) is 0 Å². The van der Waals surface area contributed by atoms with Crippen LogP contribution in [0.3, 0.4) is 0 Å². The third-order valence-electron chi connectivity index (χ3n) is 7.64. The minimum Gasteiger partial charge on any atom is -0.323 e. The van der Waals surface area contributed by atoms with Crippen LogP contribution >= 0.6 is 0 Å². The maximum Gasteiger partial charge on any atom is 0.324 e. The Bertz CT molecular complexity index is 1110. The molecule has 2 saturated carbocycles. The predicted molar refractivity (Wildman–Crippen MR) is 131 cm³/mol. The standard InChI is InChI=1S/C28H34N2O4.H2/c1-7-8-19-9-17(2)22(18(3)10-19)23-20(31)11-27(12-21(23)32)13-28(14-27)15-30(16-28)25(34)29-24(33)26(4,5)6;/h9-10,23H,11-16H2,1-6H3,(H,29,33,34);1H. The van der Waals surface area contributed by atoms with Gasteiger partial charge in [-0.05, 0) is 67.9 Å². The fourth-order valence-electron chi connectivity index (χ4n) is 6.44. The molecule has 1 saturated heterocycles. The van der Waals surface area contributed by atoms with Crippen LogP contribution in [0, 0.1) is 41.9 Å². The highest BCUT2D eigenvalue weighted by Gasteiger charge is 2.63. The summed E-state index contributed by atoms with van der Waals surface area (Å²) >= 11 is 0. The summed E-state index contributed by atoms with van der Waals surface area (Å²) < 4.78 is 0. The Balaban J connectivity index is 0.00000342. The van der Waals surface area contributed by atoms with Crippen molar-refractivity contribution in [1.29, 1.82) is 0 Å². The number of amides is 3. The van der Waals surface area contributed by atoms with Crippen LogP contribution in [-0.2, 0) is 14.4 Å². The summed E-state index contributed by atoms with van der Waals surface area (Å²) in [6.07, 6.45) is 2.39. The van der Waals surface area contributed by atoms with Crippen molar-refractivity contribution in [3.63, 3.8) is 0 Å². The van der Waals surface area contributed by atoms with Gasteiger partial charge in [-0.15, -0.1) is 5.92 Å². The number of urea groups is 1. The molecule has 0 bridgehead atoms. The van der Waals surface area contributed by atoms with Crippen LogP contribution in [0.2, 0.25) is 0 Å². The quantitative estimate of drug-likeness (QED) is 0.496. The number of aryl methyl sites for hydroxylation is 2. The number of nitrogens with one attached hydrogen (secondary N) is 1. The van der Waals surface area contributed by atoms with Gasteiger partial charge in [-0.3, -0.25) is 19.7 Å². The van der Waals surface area contributed by atoms with Crippen molar-refractivity contribution in [2.24, 2.45) is 16.2 Å². The zero-order valence-electron chi connectivity index (χ0n) is 21.1. The first-order valence-electron chi connectivity index (χ1n) is 12.0. The van der Waals surface area contributed by atoms with Crippen molar-refractivity contribution >= 4 is 23.5 Å². The zero-order valence-corrected chi connectivity index (χ0v) is 21.1. The van der Waals surface area contributed by atoms with Gasteiger partial charge in [0.2, 0.25) is 5.91 Å². The van der Waals surface area contributed by atoms with E-state index in [-0.39, 0.29) is 35.8 Å². The van der Waals surface area contributed by atoms with E-state index < -0.39 is 11.3 Å². The molecule has 6 heteroatoms. The fourth-order valence-corrected chi connectivity index (χ4v) is 6.44. The first-order valence-corrected chi connectivity index (χ1v) is 12.0. The van der Waals surface area contributed by atoms with Crippen LogP contribution in [0.4, 0.5) is 4.79 Å². The summed E-state index contributed by atoms with van der Waals surface area (Å²) in [5.41, 5.74) is 2.70. The molecule has 1 aromatic carbocycles. The van der Waals surface area contributed by atoms with Crippen LogP contribution in [0.25, 0.3) is 0 Å². The smallest absolute Gasteiger partial charge is 0.323 e. The molecule has 3 fully saturated rings. The van der Waals surface area contributed by atoms with Gasteiger partial charge >= 0.3 is 6.03 Å². The SMILES string of the molecule is CC#Cc1cc(C)c(C2C(=O)CC3(CC2=O)CC2(CN(C(=O)NC(=O)C(C)(C)C)C2)C3)c(C)c1.[HH]. The number of rotatable bonds is 1. The molecular weight excluding hydrogens is 428 g/mol. The normalized spacial score (nSPS) is 20.9. The van der Waals surface area contributed by atoms with Gasteiger partial charge in [0.15, 0.2) is 0 Å². The molecule has 182 valence electrons. The Hall–Kier alpha value is -2.94. The third-order valence-corrected chi connectivity index (χ3v) is 7.64. The number of benzene rings is 1. The minimum absolute atomic E-state index is 0. The Morgan fingerprint density at radius 3 is 2.03 bits per heavy atom. The number of ketones is 2. The summed E-state index contributed by atoms with van der Waals surface area (Å²) in [6, 6.07) is 3.56. The van der Waals surface area contributed by atoms with Crippen molar-refractivity contribution in [3.8, 4) is 11.8 Å². The topological polar surface area (TPSA) is 83.6 Å². The Morgan fingerprint density at radius 1 is 1.03 bits per heavy atom. The Kier molecular flexibility index (Phi) is 5.75. The molecule has 1 aliphatic heterocycles. The maximum atomic E-state index is 13.3. The summed E-state index contributed by atoms with van der Waals surface area (Å²) in [7, 11) is 0. The lowest BCUT2D eigenvalue weighted by molar-refractivity contribution is -0.162. The van der Waals surface area contributed by atoms with Gasteiger partial charge < -0.3 is 4.90 Å². The van der Waals surface area contributed by atoms with Crippen LogP contribution in [-0.4, -0.2) is 41.5 Å². The minimum atomic E-state index is -0.683. The summed E-state index contributed by atoms with van der Waals surface area (Å²) in [5.74, 6) is 4.99. The van der Waals surface area contributed by atoms with Crippen LogP contribution < -0.4 is 5.32 Å². The summed E-state index contributed by atoms with van der Waals surface area (Å²) in [4.78, 5) is 52.7. The summed E-state index contributed by atoms with van der Waals surface area (Å²) in [5, 5.41) is 2.47. The zero-order chi connectivity index (χ0) is 25.1. The van der Waals surface area contributed by atoms with E-state index in [0.29, 0.717) is 25.9 Å². The number of carbonyl (C=O) groups excluding carboxylic acids is 4. The molecule has 3 aliphatic rings. The number of Topliss-reactive ketones (excluding diaryl/α,β-unsaturated/α-hetero) is 2. The molecule has 0 aromatic heterocycles. The first-order chi connectivity index (χ1) is 15.8. The molecule has 2 spiro atoms. The molecule has 0 radical (unpaired) electrons. The van der Waals surface area contributed by atoms with Crippen molar-refractivity contribution in [2.75, 3.05) is 13.1 Å². The summed E-state index contributed by atoms with van der Waals surface area (Å²) in [6.45, 7) is 12.1. The van der Waals surface area contributed by atoms with E-state index in [1.54, 1.807) is 32.6 Å². The second kappa shape index (κ2) is 8.08. The number of carbonyl (C=O) groups is 4. The largest absolute Gasteiger partial charge is 0.324 e. The molecule has 1 N–H and O–H groups in total. The number of nitrogens with zero attached hydrogens (tertiary/aromatic N) is 1. The van der Waals surface area contributed by atoms with Crippen LogP contribution in [0.1, 0.15) is 83.0 Å². The van der Waals surface area contributed by atoms with Crippen molar-refractivity contribution in [1.82, 2.24) is 10.2 Å². The predicted octanol–water partition coefficient (Wildman–Crippen LogP) is 4.30. The monoisotopic (exact) mass is 464 g/mol. The van der Waals surface area contributed by atoms with E-state index in [0.717, 1.165) is 35.1 Å². The van der Waals surface area contributed by atoms with Gasteiger partial charge in [-0.2, -0.15) is 0 Å². The maximum absolute atomic E-state index is 13.3. The molecule has 34 heavy (non-hydrogen) atoms. The van der Waals surface area contributed by atoms with Gasteiger partial charge in [0.1, 0.15) is 17.5 Å². The first kappa shape index (κ1) is 24.2. The molecular formula is C28H36N2O4.